The van der Waals surface area contributed by atoms with Crippen LogP contribution in [0.25, 0.3) is 11.0 Å². The molecule has 26 heavy (non-hydrogen) atoms. The number of halogens is 2. The second-order valence-electron chi connectivity index (χ2n) is 6.29. The Hall–Kier alpha value is -2.24. The first-order valence-corrected chi connectivity index (χ1v) is 9.01. The highest BCUT2D eigenvalue weighted by Gasteiger charge is 2.22. The highest BCUT2D eigenvalue weighted by molar-refractivity contribution is 6.34. The van der Waals surface area contributed by atoms with Gasteiger partial charge in [-0.25, -0.2) is 4.98 Å². The van der Waals surface area contributed by atoms with Gasteiger partial charge >= 0.3 is 0 Å². The molecule has 0 aliphatic heterocycles. The van der Waals surface area contributed by atoms with Crippen LogP contribution in [0.2, 0.25) is 10.0 Å². The molecule has 0 aliphatic rings. The van der Waals surface area contributed by atoms with Crippen LogP contribution in [0.5, 0.6) is 5.75 Å². The normalized spacial score (nSPS) is 12.3. The number of para-hydroxylation sites is 2. The minimum atomic E-state index is -0.264. The van der Waals surface area contributed by atoms with E-state index in [1.165, 1.54) is 0 Å². The van der Waals surface area contributed by atoms with Gasteiger partial charge in [0.05, 0.1) is 22.1 Å². The Kier molecular flexibility index (Phi) is 5.69. The SMILES string of the molecule is CC(C)[C@H](NC(=O)COc1cc(Cl)ccc1Cl)c1nc2ccccc2[nH]1. The van der Waals surface area contributed by atoms with Gasteiger partial charge in [0.15, 0.2) is 6.61 Å². The third kappa shape index (κ3) is 4.29. The van der Waals surface area contributed by atoms with E-state index in [1.54, 1.807) is 18.2 Å². The maximum atomic E-state index is 12.4. The lowest BCUT2D eigenvalue weighted by Gasteiger charge is -2.20. The topological polar surface area (TPSA) is 67.0 Å². The van der Waals surface area contributed by atoms with Crippen molar-refractivity contribution in [3.05, 3.63) is 58.3 Å². The van der Waals surface area contributed by atoms with E-state index >= 15 is 0 Å². The van der Waals surface area contributed by atoms with Gasteiger partial charge in [-0.3, -0.25) is 4.79 Å². The Morgan fingerprint density at radius 2 is 2.00 bits per heavy atom. The molecule has 0 spiro atoms. The maximum Gasteiger partial charge on any atom is 0.258 e. The smallest absolute Gasteiger partial charge is 0.258 e. The zero-order valence-electron chi connectivity index (χ0n) is 14.4. The van der Waals surface area contributed by atoms with Gasteiger partial charge in [0.1, 0.15) is 11.6 Å². The molecule has 2 N–H and O–H groups in total. The van der Waals surface area contributed by atoms with Crippen LogP contribution in [0.15, 0.2) is 42.5 Å². The number of H-pyrrole nitrogens is 1. The van der Waals surface area contributed by atoms with Crippen molar-refractivity contribution < 1.29 is 9.53 Å². The summed E-state index contributed by atoms with van der Waals surface area (Å²) < 4.78 is 5.50. The standard InChI is InChI=1S/C19H19Cl2N3O2/c1-11(2)18(19-22-14-5-3-4-6-15(14)23-19)24-17(25)10-26-16-9-12(20)7-8-13(16)21/h3-9,11,18H,10H2,1-2H3,(H,22,23)(H,24,25)/t18-/m0/s1. The van der Waals surface area contributed by atoms with Crippen molar-refractivity contribution in [2.45, 2.75) is 19.9 Å². The summed E-state index contributed by atoms with van der Waals surface area (Å²) >= 11 is 12.0. The number of amides is 1. The van der Waals surface area contributed by atoms with Gasteiger partial charge in [-0.2, -0.15) is 0 Å². The van der Waals surface area contributed by atoms with Crippen LogP contribution in [-0.4, -0.2) is 22.5 Å². The highest BCUT2D eigenvalue weighted by Crippen LogP contribution is 2.28. The second-order valence-corrected chi connectivity index (χ2v) is 7.14. The third-order valence-corrected chi connectivity index (χ3v) is 4.48. The average Bonchev–Trinajstić information content (AvgIpc) is 3.03. The second kappa shape index (κ2) is 7.98. The van der Waals surface area contributed by atoms with E-state index in [0.717, 1.165) is 16.9 Å². The Morgan fingerprint density at radius 3 is 2.73 bits per heavy atom. The minimum Gasteiger partial charge on any atom is -0.482 e. The van der Waals surface area contributed by atoms with Gasteiger partial charge in [0.25, 0.3) is 5.91 Å². The summed E-state index contributed by atoms with van der Waals surface area (Å²) in [6.07, 6.45) is 0. The van der Waals surface area contributed by atoms with Gasteiger partial charge < -0.3 is 15.0 Å². The number of aromatic amines is 1. The number of imidazole rings is 1. The number of hydrogen-bond donors (Lipinski definition) is 2. The summed E-state index contributed by atoms with van der Waals surface area (Å²) in [6, 6.07) is 12.4. The van der Waals surface area contributed by atoms with Crippen LogP contribution in [-0.2, 0) is 4.79 Å². The lowest BCUT2D eigenvalue weighted by Crippen LogP contribution is -2.35. The quantitative estimate of drug-likeness (QED) is 0.636. The number of carbonyl (C=O) groups is 1. The molecule has 0 saturated carbocycles. The van der Waals surface area contributed by atoms with Gasteiger partial charge in [0, 0.05) is 11.1 Å². The molecule has 1 atom stereocenters. The molecule has 1 aromatic heterocycles. The molecule has 3 aromatic rings. The number of hydrogen-bond acceptors (Lipinski definition) is 3. The van der Waals surface area contributed by atoms with Crippen LogP contribution in [0.3, 0.4) is 0 Å². The summed E-state index contributed by atoms with van der Waals surface area (Å²) in [5.41, 5.74) is 1.80. The minimum absolute atomic E-state index is 0.147. The molecule has 136 valence electrons. The van der Waals surface area contributed by atoms with Crippen LogP contribution in [0.4, 0.5) is 0 Å². The molecule has 0 bridgehead atoms. The molecule has 0 fully saturated rings. The Morgan fingerprint density at radius 1 is 1.23 bits per heavy atom. The zero-order chi connectivity index (χ0) is 18.7. The fourth-order valence-electron chi connectivity index (χ4n) is 2.62. The van der Waals surface area contributed by atoms with Gasteiger partial charge in [-0.05, 0) is 30.2 Å². The molecule has 1 heterocycles. The summed E-state index contributed by atoms with van der Waals surface area (Å²) in [7, 11) is 0. The average molecular weight is 392 g/mol. The molecule has 0 radical (unpaired) electrons. The first-order chi connectivity index (χ1) is 12.4. The molecular formula is C19H19Cl2N3O2. The van der Waals surface area contributed by atoms with Crippen molar-refractivity contribution in [1.29, 1.82) is 0 Å². The number of fused-ring (bicyclic) bond motifs is 1. The fraction of sp³-hybridized carbons (Fsp3) is 0.263. The monoisotopic (exact) mass is 391 g/mol. The molecular weight excluding hydrogens is 373 g/mol. The summed E-state index contributed by atoms with van der Waals surface area (Å²) in [5.74, 6) is 0.976. The van der Waals surface area contributed by atoms with Crippen molar-refractivity contribution in [3.8, 4) is 5.75 Å². The van der Waals surface area contributed by atoms with Crippen molar-refractivity contribution in [3.63, 3.8) is 0 Å². The lowest BCUT2D eigenvalue weighted by molar-refractivity contribution is -0.124. The van der Waals surface area contributed by atoms with Crippen LogP contribution < -0.4 is 10.1 Å². The third-order valence-electron chi connectivity index (χ3n) is 3.94. The van der Waals surface area contributed by atoms with Crippen molar-refractivity contribution in [2.75, 3.05) is 6.61 Å². The van der Waals surface area contributed by atoms with Crippen molar-refractivity contribution in [1.82, 2.24) is 15.3 Å². The van der Waals surface area contributed by atoms with E-state index < -0.39 is 0 Å². The first kappa shape index (κ1) is 18.5. The van der Waals surface area contributed by atoms with E-state index in [2.05, 4.69) is 15.3 Å². The molecule has 5 nitrogen and oxygen atoms in total. The van der Waals surface area contributed by atoms with Crippen molar-refractivity contribution >= 4 is 40.1 Å². The molecule has 3 rings (SSSR count). The number of nitrogens with zero attached hydrogens (tertiary/aromatic N) is 1. The summed E-state index contributed by atoms with van der Waals surface area (Å²) in [5, 5.41) is 3.86. The maximum absolute atomic E-state index is 12.4. The molecule has 7 heteroatoms. The Labute approximate surface area is 161 Å². The molecule has 0 aliphatic carbocycles. The van der Waals surface area contributed by atoms with E-state index in [9.17, 15) is 4.79 Å². The summed E-state index contributed by atoms with van der Waals surface area (Å²) in [6.45, 7) is 3.88. The highest BCUT2D eigenvalue weighted by atomic mass is 35.5. The fourth-order valence-corrected chi connectivity index (χ4v) is 2.95. The molecule has 2 aromatic carbocycles. The van der Waals surface area contributed by atoms with Crippen LogP contribution in [0.1, 0.15) is 25.7 Å². The van der Waals surface area contributed by atoms with Crippen molar-refractivity contribution in [2.24, 2.45) is 5.92 Å². The van der Waals surface area contributed by atoms with Crippen LogP contribution in [0, 0.1) is 5.92 Å². The number of nitrogens with one attached hydrogen (secondary N) is 2. The van der Waals surface area contributed by atoms with E-state index in [-0.39, 0.29) is 24.5 Å². The first-order valence-electron chi connectivity index (χ1n) is 8.26. The van der Waals surface area contributed by atoms with E-state index in [4.69, 9.17) is 27.9 Å². The zero-order valence-corrected chi connectivity index (χ0v) is 15.9. The lowest BCUT2D eigenvalue weighted by atomic mass is 10.0. The number of rotatable bonds is 6. The molecule has 0 saturated heterocycles. The molecule has 1 amide bonds. The number of aromatic nitrogens is 2. The summed E-state index contributed by atoms with van der Waals surface area (Å²) in [4.78, 5) is 20.2. The number of carbonyl (C=O) groups excluding carboxylic acids is 1. The van der Waals surface area contributed by atoms with Gasteiger partial charge in [-0.15, -0.1) is 0 Å². The Balaban J connectivity index is 1.69. The number of ether oxygens (including phenoxy) is 1. The van der Waals surface area contributed by atoms with E-state index in [0.29, 0.717) is 15.8 Å². The molecule has 0 unspecified atom stereocenters. The number of benzene rings is 2. The Bertz CT molecular complexity index is 891. The predicted octanol–water partition coefficient (Wildman–Crippen LogP) is 4.76. The largest absolute Gasteiger partial charge is 0.482 e. The van der Waals surface area contributed by atoms with Crippen LogP contribution >= 0.6 is 23.2 Å². The predicted molar refractivity (Wildman–Crippen MR) is 104 cm³/mol. The van der Waals surface area contributed by atoms with Gasteiger partial charge in [0.2, 0.25) is 0 Å². The van der Waals surface area contributed by atoms with Gasteiger partial charge in [-0.1, -0.05) is 49.2 Å². The van der Waals surface area contributed by atoms with E-state index in [1.807, 2.05) is 38.1 Å².